The maximum Gasteiger partial charge on any atom is 0.311 e. The van der Waals surface area contributed by atoms with Crippen LogP contribution >= 0.6 is 0 Å². The number of tetrazole rings is 1. The summed E-state index contributed by atoms with van der Waals surface area (Å²) in [4.78, 5) is 10.8. The first-order valence-electron chi connectivity index (χ1n) is 4.48. The minimum Gasteiger partial charge on any atom is -0.481 e. The van der Waals surface area contributed by atoms with Crippen LogP contribution in [0.4, 0.5) is 5.95 Å². The van der Waals surface area contributed by atoms with Crippen LogP contribution in [0.1, 0.15) is 0 Å². The second kappa shape index (κ2) is 3.81. The lowest BCUT2D eigenvalue weighted by Gasteiger charge is -2.14. The number of carboxylic acids is 1. The van der Waals surface area contributed by atoms with E-state index >= 15 is 0 Å². The summed E-state index contributed by atoms with van der Waals surface area (Å²) in [5.41, 5.74) is 0. The van der Waals surface area contributed by atoms with Crippen LogP contribution in [0.15, 0.2) is 0 Å². The van der Waals surface area contributed by atoms with Crippen LogP contribution in [0.2, 0.25) is 0 Å². The topological polar surface area (TPSA) is 102 Å². The second-order valence-electron chi connectivity index (χ2n) is 3.36. The molecule has 0 amide bonds. The Labute approximate surface area is 85.2 Å². The Kier molecular flexibility index (Phi) is 2.50. The fourth-order valence-electron chi connectivity index (χ4n) is 1.46. The van der Waals surface area contributed by atoms with Gasteiger partial charge >= 0.3 is 5.97 Å². The van der Waals surface area contributed by atoms with Gasteiger partial charge in [0.2, 0.25) is 5.95 Å². The largest absolute Gasteiger partial charge is 0.481 e. The number of rotatable bonds is 3. The van der Waals surface area contributed by atoms with Crippen molar-refractivity contribution in [3.8, 4) is 0 Å². The van der Waals surface area contributed by atoms with Crippen molar-refractivity contribution < 1.29 is 14.6 Å². The van der Waals surface area contributed by atoms with Crippen molar-refractivity contribution in [1.29, 1.82) is 0 Å². The van der Waals surface area contributed by atoms with Gasteiger partial charge in [0.1, 0.15) is 5.92 Å². The van der Waals surface area contributed by atoms with E-state index in [2.05, 4.69) is 20.8 Å². The molecule has 2 heterocycles. The van der Waals surface area contributed by atoms with E-state index < -0.39 is 11.9 Å². The fraction of sp³-hybridized carbons (Fsp3) is 0.714. The molecule has 0 aromatic carbocycles. The molecule has 0 radical (unpaired) electrons. The fourth-order valence-corrected chi connectivity index (χ4v) is 1.46. The van der Waals surface area contributed by atoms with E-state index in [-0.39, 0.29) is 12.6 Å². The van der Waals surface area contributed by atoms with Gasteiger partial charge in [0.15, 0.2) is 0 Å². The molecule has 2 atom stereocenters. The number of carboxylic acid groups (broad SMARTS) is 1. The first kappa shape index (κ1) is 9.84. The van der Waals surface area contributed by atoms with Gasteiger partial charge in [-0.05, 0) is 10.4 Å². The quantitative estimate of drug-likeness (QED) is 0.644. The molecule has 2 unspecified atom stereocenters. The Morgan fingerprint density at radius 1 is 1.67 bits per heavy atom. The third-order valence-electron chi connectivity index (χ3n) is 2.33. The highest BCUT2D eigenvalue weighted by molar-refractivity contribution is 5.72. The van der Waals surface area contributed by atoms with Gasteiger partial charge in [0.25, 0.3) is 0 Å². The van der Waals surface area contributed by atoms with Crippen molar-refractivity contribution in [2.24, 2.45) is 13.0 Å². The summed E-state index contributed by atoms with van der Waals surface area (Å²) in [5, 5.41) is 22.6. The van der Waals surface area contributed by atoms with Crippen molar-refractivity contribution in [3.63, 3.8) is 0 Å². The zero-order valence-corrected chi connectivity index (χ0v) is 8.12. The SMILES string of the molecule is Cn1nnnc1NC1COCC1C(=O)O. The first-order valence-corrected chi connectivity index (χ1v) is 4.48. The van der Waals surface area contributed by atoms with Gasteiger partial charge in [0.05, 0.1) is 19.3 Å². The number of aryl methyl sites for hydroxylation is 1. The highest BCUT2D eigenvalue weighted by Gasteiger charge is 2.34. The van der Waals surface area contributed by atoms with E-state index in [1.54, 1.807) is 7.05 Å². The molecule has 0 bridgehead atoms. The summed E-state index contributed by atoms with van der Waals surface area (Å²) in [7, 11) is 1.67. The maximum absolute atomic E-state index is 10.8. The summed E-state index contributed by atoms with van der Waals surface area (Å²) in [6, 6.07) is -0.285. The lowest BCUT2D eigenvalue weighted by molar-refractivity contribution is -0.141. The summed E-state index contributed by atoms with van der Waals surface area (Å²) < 4.78 is 6.54. The Morgan fingerprint density at radius 2 is 2.47 bits per heavy atom. The molecule has 82 valence electrons. The molecule has 0 aliphatic carbocycles. The Bertz CT molecular complexity index is 365. The van der Waals surface area contributed by atoms with Crippen LogP contribution in [0.3, 0.4) is 0 Å². The number of anilines is 1. The summed E-state index contributed by atoms with van der Waals surface area (Å²) in [5.74, 6) is -0.987. The predicted molar refractivity (Wildman–Crippen MR) is 48.2 cm³/mol. The molecule has 2 rings (SSSR count). The first-order chi connectivity index (χ1) is 7.18. The monoisotopic (exact) mass is 213 g/mol. The van der Waals surface area contributed by atoms with Crippen LogP contribution < -0.4 is 5.32 Å². The number of nitrogens with zero attached hydrogens (tertiary/aromatic N) is 4. The molecule has 2 N–H and O–H groups in total. The molecule has 1 aromatic rings. The van der Waals surface area contributed by atoms with Gasteiger partial charge in [-0.1, -0.05) is 5.10 Å². The van der Waals surface area contributed by atoms with Crippen molar-refractivity contribution in [3.05, 3.63) is 0 Å². The van der Waals surface area contributed by atoms with Crippen LogP contribution in [0.25, 0.3) is 0 Å². The van der Waals surface area contributed by atoms with E-state index in [1.165, 1.54) is 4.68 Å². The Morgan fingerprint density at radius 3 is 3.07 bits per heavy atom. The summed E-state index contributed by atoms with van der Waals surface area (Å²) in [6.45, 7) is 0.572. The number of ether oxygens (including phenoxy) is 1. The number of hydrogen-bond acceptors (Lipinski definition) is 6. The minimum atomic E-state index is -0.875. The lowest BCUT2D eigenvalue weighted by atomic mass is 10.0. The zero-order valence-electron chi connectivity index (χ0n) is 8.12. The smallest absolute Gasteiger partial charge is 0.311 e. The number of aliphatic carboxylic acids is 1. The average Bonchev–Trinajstić information content (AvgIpc) is 2.77. The minimum absolute atomic E-state index is 0.221. The van der Waals surface area contributed by atoms with Gasteiger partial charge in [-0.25, -0.2) is 4.68 Å². The van der Waals surface area contributed by atoms with Crippen molar-refractivity contribution in [2.75, 3.05) is 18.5 Å². The van der Waals surface area contributed by atoms with Gasteiger partial charge < -0.3 is 15.2 Å². The predicted octanol–water partition coefficient (Wildman–Crippen LogP) is -1.28. The van der Waals surface area contributed by atoms with E-state index in [0.29, 0.717) is 12.6 Å². The standard InChI is InChI=1S/C7H11N5O3/c1-12-7(9-10-11-12)8-5-3-15-2-4(5)6(13)14/h4-5H,2-3H2,1H3,(H,13,14)(H,8,9,11). The van der Waals surface area contributed by atoms with E-state index in [9.17, 15) is 4.79 Å². The lowest BCUT2D eigenvalue weighted by Crippen LogP contribution is -2.34. The van der Waals surface area contributed by atoms with Gasteiger partial charge in [-0.2, -0.15) is 0 Å². The van der Waals surface area contributed by atoms with Crippen LogP contribution in [-0.4, -0.2) is 50.5 Å². The number of nitrogens with one attached hydrogen (secondary N) is 1. The van der Waals surface area contributed by atoms with Crippen molar-refractivity contribution >= 4 is 11.9 Å². The number of aromatic nitrogens is 4. The molecule has 1 fully saturated rings. The van der Waals surface area contributed by atoms with Crippen molar-refractivity contribution in [1.82, 2.24) is 20.2 Å². The molecule has 8 heteroatoms. The van der Waals surface area contributed by atoms with Gasteiger partial charge in [0, 0.05) is 7.05 Å². The highest BCUT2D eigenvalue weighted by Crippen LogP contribution is 2.17. The average molecular weight is 213 g/mol. The summed E-state index contributed by atoms with van der Waals surface area (Å²) in [6.07, 6.45) is 0. The highest BCUT2D eigenvalue weighted by atomic mass is 16.5. The van der Waals surface area contributed by atoms with E-state index in [4.69, 9.17) is 9.84 Å². The molecule has 1 aliphatic rings. The Hall–Kier alpha value is -1.70. The third kappa shape index (κ3) is 1.89. The normalized spacial score (nSPS) is 25.4. The maximum atomic E-state index is 10.8. The summed E-state index contributed by atoms with van der Waals surface area (Å²) >= 11 is 0. The Balaban J connectivity index is 2.06. The van der Waals surface area contributed by atoms with Gasteiger partial charge in [-0.15, -0.1) is 0 Å². The van der Waals surface area contributed by atoms with Crippen molar-refractivity contribution in [2.45, 2.75) is 6.04 Å². The van der Waals surface area contributed by atoms with Crippen LogP contribution in [-0.2, 0) is 16.6 Å². The van der Waals surface area contributed by atoms with Crippen LogP contribution in [0, 0.1) is 5.92 Å². The second-order valence-corrected chi connectivity index (χ2v) is 3.36. The number of carbonyl (C=O) groups is 1. The zero-order chi connectivity index (χ0) is 10.8. The molecule has 1 aromatic heterocycles. The molecule has 15 heavy (non-hydrogen) atoms. The molecule has 0 spiro atoms. The van der Waals surface area contributed by atoms with Gasteiger partial charge in [-0.3, -0.25) is 4.79 Å². The molecular weight excluding hydrogens is 202 g/mol. The molecule has 8 nitrogen and oxygen atoms in total. The van der Waals surface area contributed by atoms with Crippen LogP contribution in [0.5, 0.6) is 0 Å². The number of hydrogen-bond donors (Lipinski definition) is 2. The molecule has 1 saturated heterocycles. The third-order valence-corrected chi connectivity index (χ3v) is 2.33. The van der Waals surface area contributed by atoms with E-state index in [1.807, 2.05) is 0 Å². The molecule has 0 saturated carbocycles. The van der Waals surface area contributed by atoms with E-state index in [0.717, 1.165) is 0 Å². The molecule has 1 aliphatic heterocycles. The molecular formula is C7H11N5O3.